The average Bonchev–Trinajstić information content (AvgIpc) is 2.27. The van der Waals surface area contributed by atoms with Crippen LogP contribution in [0.4, 0.5) is 0 Å². The van der Waals surface area contributed by atoms with Gasteiger partial charge in [-0.25, -0.2) is 0 Å². The summed E-state index contributed by atoms with van der Waals surface area (Å²) in [6.45, 7) is 10.2. The van der Waals surface area contributed by atoms with E-state index in [1.807, 2.05) is 45.9 Å². The van der Waals surface area contributed by atoms with Gasteiger partial charge in [0.25, 0.3) is 0 Å². The Balaban J connectivity index is 3.01. The number of nitrogens with two attached hydrogens (primary N) is 1. The van der Waals surface area contributed by atoms with Gasteiger partial charge in [-0.15, -0.1) is 0 Å². The monoisotopic (exact) mass is 265 g/mol. The molecule has 0 spiro atoms. The molecule has 1 aromatic carbocycles. The van der Waals surface area contributed by atoms with Crippen molar-refractivity contribution in [2.45, 2.75) is 65.7 Å². The lowest BCUT2D eigenvalue weighted by molar-refractivity contribution is 0.226. The fourth-order valence-corrected chi connectivity index (χ4v) is 1.99. The lowest BCUT2D eigenvalue weighted by atomic mass is 10.0. The van der Waals surface area contributed by atoms with Crippen LogP contribution < -0.4 is 15.2 Å². The maximum atomic E-state index is 6.21. The molecule has 2 N–H and O–H groups in total. The van der Waals surface area contributed by atoms with Crippen molar-refractivity contribution in [3.05, 3.63) is 23.8 Å². The Kier molecular flexibility index (Phi) is 6.16. The fourth-order valence-electron chi connectivity index (χ4n) is 1.99. The molecule has 1 rings (SSSR count). The molecular formula is C16H27NO2. The second-order valence-corrected chi connectivity index (χ2v) is 5.43. The van der Waals surface area contributed by atoms with Crippen LogP contribution in [0.2, 0.25) is 0 Å². The molecule has 108 valence electrons. The standard InChI is InChI=1S/C16H27NO2/c1-6-7-15(17)14-9-8-13(18-11(2)3)10-16(14)19-12(4)5/h8-12,15H,6-7,17H2,1-5H3. The third-order valence-electron chi connectivity index (χ3n) is 2.72. The molecule has 3 nitrogen and oxygen atoms in total. The predicted molar refractivity (Wildman–Crippen MR) is 79.8 cm³/mol. The maximum Gasteiger partial charge on any atom is 0.128 e. The SMILES string of the molecule is CCCC(N)c1ccc(OC(C)C)cc1OC(C)C. The highest BCUT2D eigenvalue weighted by atomic mass is 16.5. The zero-order valence-corrected chi connectivity index (χ0v) is 12.8. The van der Waals surface area contributed by atoms with Gasteiger partial charge in [0, 0.05) is 17.7 Å². The molecule has 0 bridgehead atoms. The summed E-state index contributed by atoms with van der Waals surface area (Å²) in [6, 6.07) is 5.96. The summed E-state index contributed by atoms with van der Waals surface area (Å²) >= 11 is 0. The van der Waals surface area contributed by atoms with Crippen molar-refractivity contribution >= 4 is 0 Å². The van der Waals surface area contributed by atoms with Crippen LogP contribution in [0.1, 0.15) is 59.1 Å². The summed E-state index contributed by atoms with van der Waals surface area (Å²) in [7, 11) is 0. The third-order valence-corrected chi connectivity index (χ3v) is 2.72. The van der Waals surface area contributed by atoms with Crippen molar-refractivity contribution in [2.75, 3.05) is 0 Å². The molecule has 1 unspecified atom stereocenters. The fraction of sp³-hybridized carbons (Fsp3) is 0.625. The van der Waals surface area contributed by atoms with Crippen LogP contribution >= 0.6 is 0 Å². The molecule has 0 saturated carbocycles. The van der Waals surface area contributed by atoms with E-state index in [0.717, 1.165) is 29.9 Å². The summed E-state index contributed by atoms with van der Waals surface area (Å²) in [4.78, 5) is 0. The lowest BCUT2D eigenvalue weighted by Gasteiger charge is -2.20. The number of benzene rings is 1. The molecule has 0 amide bonds. The van der Waals surface area contributed by atoms with E-state index in [-0.39, 0.29) is 18.2 Å². The number of rotatable bonds is 7. The highest BCUT2D eigenvalue weighted by Crippen LogP contribution is 2.31. The zero-order chi connectivity index (χ0) is 14.4. The van der Waals surface area contributed by atoms with E-state index in [1.54, 1.807) is 0 Å². The van der Waals surface area contributed by atoms with E-state index >= 15 is 0 Å². The van der Waals surface area contributed by atoms with E-state index in [4.69, 9.17) is 15.2 Å². The van der Waals surface area contributed by atoms with E-state index in [1.165, 1.54) is 0 Å². The van der Waals surface area contributed by atoms with E-state index in [2.05, 4.69) is 6.92 Å². The molecule has 0 aliphatic rings. The molecular weight excluding hydrogens is 238 g/mol. The van der Waals surface area contributed by atoms with E-state index < -0.39 is 0 Å². The highest BCUT2D eigenvalue weighted by Gasteiger charge is 2.14. The lowest BCUT2D eigenvalue weighted by Crippen LogP contribution is -2.15. The third kappa shape index (κ3) is 5.11. The van der Waals surface area contributed by atoms with Crippen LogP contribution in [0.25, 0.3) is 0 Å². The topological polar surface area (TPSA) is 44.5 Å². The van der Waals surface area contributed by atoms with Gasteiger partial charge in [0.15, 0.2) is 0 Å². The zero-order valence-electron chi connectivity index (χ0n) is 12.8. The van der Waals surface area contributed by atoms with Gasteiger partial charge >= 0.3 is 0 Å². The van der Waals surface area contributed by atoms with Gasteiger partial charge in [-0.05, 0) is 40.2 Å². The molecule has 1 atom stereocenters. The smallest absolute Gasteiger partial charge is 0.128 e. The first-order chi connectivity index (χ1) is 8.93. The van der Waals surface area contributed by atoms with Gasteiger partial charge in [-0.1, -0.05) is 19.4 Å². The maximum absolute atomic E-state index is 6.21. The van der Waals surface area contributed by atoms with Gasteiger partial charge in [-0.2, -0.15) is 0 Å². The molecule has 0 aliphatic carbocycles. The predicted octanol–water partition coefficient (Wildman–Crippen LogP) is 4.06. The van der Waals surface area contributed by atoms with Crippen LogP contribution in [-0.4, -0.2) is 12.2 Å². The van der Waals surface area contributed by atoms with E-state index in [9.17, 15) is 0 Å². The van der Waals surface area contributed by atoms with Gasteiger partial charge < -0.3 is 15.2 Å². The minimum atomic E-state index is 0.0202. The minimum Gasteiger partial charge on any atom is -0.491 e. The number of hydrogen-bond donors (Lipinski definition) is 1. The normalized spacial score (nSPS) is 12.8. The first-order valence-corrected chi connectivity index (χ1v) is 7.16. The van der Waals surface area contributed by atoms with Crippen molar-refractivity contribution < 1.29 is 9.47 Å². The van der Waals surface area contributed by atoms with Crippen LogP contribution in [0.3, 0.4) is 0 Å². The van der Waals surface area contributed by atoms with Crippen LogP contribution in [-0.2, 0) is 0 Å². The molecule has 19 heavy (non-hydrogen) atoms. The number of ether oxygens (including phenoxy) is 2. The van der Waals surface area contributed by atoms with Crippen molar-refractivity contribution in [1.82, 2.24) is 0 Å². The molecule has 0 aromatic heterocycles. The minimum absolute atomic E-state index is 0.0202. The summed E-state index contributed by atoms with van der Waals surface area (Å²) in [5.41, 5.74) is 7.27. The van der Waals surface area contributed by atoms with Gasteiger partial charge in [0.05, 0.1) is 12.2 Å². The van der Waals surface area contributed by atoms with E-state index in [0.29, 0.717) is 0 Å². The summed E-state index contributed by atoms with van der Waals surface area (Å²) < 4.78 is 11.6. The molecule has 3 heteroatoms. The molecule has 0 heterocycles. The Labute approximate surface area is 117 Å². The van der Waals surface area contributed by atoms with Crippen molar-refractivity contribution in [3.8, 4) is 11.5 Å². The van der Waals surface area contributed by atoms with Crippen LogP contribution in [0, 0.1) is 0 Å². The average molecular weight is 265 g/mol. The van der Waals surface area contributed by atoms with Crippen molar-refractivity contribution in [2.24, 2.45) is 5.73 Å². The first-order valence-electron chi connectivity index (χ1n) is 7.16. The van der Waals surface area contributed by atoms with Crippen LogP contribution in [0.5, 0.6) is 11.5 Å². The Morgan fingerprint density at radius 3 is 2.21 bits per heavy atom. The largest absolute Gasteiger partial charge is 0.491 e. The Morgan fingerprint density at radius 2 is 1.68 bits per heavy atom. The second-order valence-electron chi connectivity index (χ2n) is 5.43. The Bertz CT molecular complexity index is 388. The van der Waals surface area contributed by atoms with Gasteiger partial charge in [-0.3, -0.25) is 0 Å². The summed E-state index contributed by atoms with van der Waals surface area (Å²) in [5, 5.41) is 0. The quantitative estimate of drug-likeness (QED) is 0.808. The van der Waals surface area contributed by atoms with Crippen molar-refractivity contribution in [3.63, 3.8) is 0 Å². The van der Waals surface area contributed by atoms with Crippen LogP contribution in [0.15, 0.2) is 18.2 Å². The summed E-state index contributed by atoms with van der Waals surface area (Å²) in [6.07, 6.45) is 2.30. The second kappa shape index (κ2) is 7.39. The highest BCUT2D eigenvalue weighted by molar-refractivity contribution is 5.42. The first kappa shape index (κ1) is 15.8. The molecule has 0 radical (unpaired) electrons. The molecule has 0 saturated heterocycles. The summed E-state index contributed by atoms with van der Waals surface area (Å²) in [5.74, 6) is 1.67. The molecule has 0 fully saturated rings. The number of hydrogen-bond acceptors (Lipinski definition) is 3. The Hall–Kier alpha value is -1.22. The Morgan fingerprint density at radius 1 is 1.05 bits per heavy atom. The molecule has 0 aliphatic heterocycles. The molecule has 1 aromatic rings. The van der Waals surface area contributed by atoms with Gasteiger partial charge in [0.2, 0.25) is 0 Å². The van der Waals surface area contributed by atoms with Crippen molar-refractivity contribution in [1.29, 1.82) is 0 Å². The van der Waals surface area contributed by atoms with Gasteiger partial charge in [0.1, 0.15) is 11.5 Å².